The molecule has 0 spiro atoms. The molecule has 2 aromatic carbocycles. The van der Waals surface area contributed by atoms with E-state index < -0.39 is 15.9 Å². The van der Waals surface area contributed by atoms with Crippen molar-refractivity contribution < 1.29 is 22.7 Å². The number of para-hydroxylation sites is 1. The molecule has 0 radical (unpaired) electrons. The Morgan fingerprint density at radius 1 is 1.03 bits per heavy atom. The Labute approximate surface area is 216 Å². The van der Waals surface area contributed by atoms with E-state index in [2.05, 4.69) is 5.10 Å². The van der Waals surface area contributed by atoms with Crippen LogP contribution in [0.4, 0.5) is 0 Å². The first-order valence-electron chi connectivity index (χ1n) is 12.0. The number of primary amides is 1. The molecular formula is C26H31N5O5S. The molecule has 196 valence electrons. The number of nitrogens with zero attached hydrogens (tertiary/aromatic N) is 4. The molecule has 2 N–H and O–H groups in total. The van der Waals surface area contributed by atoms with Crippen LogP contribution in [0.2, 0.25) is 0 Å². The number of nitrogens with two attached hydrogens (primary N) is 1. The molecule has 0 aliphatic carbocycles. The number of carbonyl (C=O) groups is 2. The lowest BCUT2D eigenvalue weighted by Crippen LogP contribution is -2.50. The van der Waals surface area contributed by atoms with Crippen LogP contribution in [0, 0.1) is 13.8 Å². The smallest absolute Gasteiger partial charge is 0.253 e. The molecule has 0 bridgehead atoms. The highest BCUT2D eigenvalue weighted by Crippen LogP contribution is 2.24. The zero-order valence-corrected chi connectivity index (χ0v) is 22.0. The summed E-state index contributed by atoms with van der Waals surface area (Å²) in [6.45, 7) is 4.77. The number of benzene rings is 2. The minimum absolute atomic E-state index is 0.146. The standard InChI is InChI=1S/C26H31N5O5S/c1-18-24(19(2)29(3)28-18)37(34,35)31-14-12-30(13-15-31)26(33)21-8-6-7-20(17-21)11-16-36-23-10-5-4-9-22(23)25(27)32/h4-10,17H,11-16H2,1-3H3,(H2,27,32). The molecule has 11 heteroatoms. The van der Waals surface area contributed by atoms with Crippen molar-refractivity contribution in [2.24, 2.45) is 12.8 Å². The zero-order chi connectivity index (χ0) is 26.7. The van der Waals surface area contributed by atoms with E-state index in [1.807, 2.05) is 18.2 Å². The molecule has 3 aromatic rings. The van der Waals surface area contributed by atoms with Gasteiger partial charge in [0.1, 0.15) is 10.6 Å². The molecule has 10 nitrogen and oxygen atoms in total. The molecule has 1 aliphatic heterocycles. The first kappa shape index (κ1) is 26.4. The van der Waals surface area contributed by atoms with Crippen LogP contribution in [0.15, 0.2) is 53.4 Å². The molecule has 4 rings (SSSR count). The second kappa shape index (κ2) is 10.7. The maximum absolute atomic E-state index is 13.2. The maximum Gasteiger partial charge on any atom is 0.253 e. The fourth-order valence-electron chi connectivity index (χ4n) is 4.51. The molecule has 0 atom stereocenters. The summed E-state index contributed by atoms with van der Waals surface area (Å²) in [5, 5.41) is 4.23. The summed E-state index contributed by atoms with van der Waals surface area (Å²) in [6, 6.07) is 14.1. The number of piperazine rings is 1. The van der Waals surface area contributed by atoms with E-state index in [0.29, 0.717) is 54.4 Å². The number of ether oxygens (including phenoxy) is 1. The number of amides is 2. The quantitative estimate of drug-likeness (QED) is 0.479. The van der Waals surface area contributed by atoms with Gasteiger partial charge in [-0.3, -0.25) is 14.3 Å². The highest BCUT2D eigenvalue weighted by atomic mass is 32.2. The molecular weight excluding hydrogens is 494 g/mol. The SMILES string of the molecule is Cc1nn(C)c(C)c1S(=O)(=O)N1CCN(C(=O)c2cccc(CCOc3ccccc3C(N)=O)c2)CC1. The Bertz CT molecular complexity index is 1420. The Hall–Kier alpha value is -3.70. The summed E-state index contributed by atoms with van der Waals surface area (Å²) in [5.41, 5.74) is 8.22. The van der Waals surface area contributed by atoms with Gasteiger partial charge in [0.05, 0.1) is 23.6 Å². The van der Waals surface area contributed by atoms with Crippen LogP contribution >= 0.6 is 0 Å². The van der Waals surface area contributed by atoms with Gasteiger partial charge < -0.3 is 15.4 Å². The van der Waals surface area contributed by atoms with Crippen molar-refractivity contribution in [2.75, 3.05) is 32.8 Å². The highest BCUT2D eigenvalue weighted by molar-refractivity contribution is 7.89. The van der Waals surface area contributed by atoms with Crippen molar-refractivity contribution in [3.05, 3.63) is 76.6 Å². The van der Waals surface area contributed by atoms with Crippen LogP contribution in [0.1, 0.15) is 37.7 Å². The monoisotopic (exact) mass is 525 g/mol. The predicted octanol–water partition coefficient (Wildman–Crippen LogP) is 1.90. The Kier molecular flexibility index (Phi) is 7.65. The van der Waals surface area contributed by atoms with E-state index in [1.165, 1.54) is 4.31 Å². The average molecular weight is 526 g/mol. The van der Waals surface area contributed by atoms with Gasteiger partial charge in [-0.25, -0.2) is 8.42 Å². The number of sulfonamides is 1. The molecule has 0 unspecified atom stereocenters. The van der Waals surface area contributed by atoms with Crippen molar-refractivity contribution in [3.8, 4) is 5.75 Å². The lowest BCUT2D eigenvalue weighted by Gasteiger charge is -2.34. The van der Waals surface area contributed by atoms with E-state index in [0.717, 1.165) is 5.56 Å². The molecule has 0 saturated carbocycles. The number of hydrogen-bond acceptors (Lipinski definition) is 6. The van der Waals surface area contributed by atoms with E-state index >= 15 is 0 Å². The molecule has 1 fully saturated rings. The fraction of sp³-hybridized carbons (Fsp3) is 0.346. The van der Waals surface area contributed by atoms with E-state index in [1.54, 1.807) is 60.8 Å². The average Bonchev–Trinajstić information content (AvgIpc) is 3.15. The van der Waals surface area contributed by atoms with Crippen molar-refractivity contribution in [3.63, 3.8) is 0 Å². The van der Waals surface area contributed by atoms with Gasteiger partial charge >= 0.3 is 0 Å². The van der Waals surface area contributed by atoms with Crippen LogP contribution < -0.4 is 10.5 Å². The molecule has 1 saturated heterocycles. The van der Waals surface area contributed by atoms with Crippen molar-refractivity contribution in [1.82, 2.24) is 19.0 Å². The normalized spacial score (nSPS) is 14.5. The van der Waals surface area contributed by atoms with Crippen LogP contribution in [-0.2, 0) is 23.5 Å². The Morgan fingerprint density at radius 3 is 2.38 bits per heavy atom. The van der Waals surface area contributed by atoms with Crippen molar-refractivity contribution in [1.29, 1.82) is 0 Å². The van der Waals surface area contributed by atoms with E-state index in [4.69, 9.17) is 10.5 Å². The summed E-state index contributed by atoms with van der Waals surface area (Å²) in [4.78, 5) is 26.6. The van der Waals surface area contributed by atoms with Gasteiger partial charge in [-0.15, -0.1) is 0 Å². The molecule has 1 aliphatic rings. The number of rotatable bonds is 8. The summed E-state index contributed by atoms with van der Waals surface area (Å²) in [7, 11) is -1.98. The van der Waals surface area contributed by atoms with Gasteiger partial charge in [-0.2, -0.15) is 9.40 Å². The second-order valence-corrected chi connectivity index (χ2v) is 10.9. The van der Waals surface area contributed by atoms with Gasteiger partial charge in [-0.05, 0) is 43.7 Å². The van der Waals surface area contributed by atoms with Crippen LogP contribution in [-0.4, -0.2) is 72.0 Å². The van der Waals surface area contributed by atoms with Crippen LogP contribution in [0.3, 0.4) is 0 Å². The van der Waals surface area contributed by atoms with Crippen molar-refractivity contribution >= 4 is 21.8 Å². The number of hydrogen-bond donors (Lipinski definition) is 1. The minimum atomic E-state index is -3.70. The summed E-state index contributed by atoms with van der Waals surface area (Å²) < 4.78 is 35.2. The number of carbonyl (C=O) groups excluding carboxylic acids is 2. The number of aryl methyl sites for hydroxylation is 2. The van der Waals surface area contributed by atoms with Gasteiger partial charge in [0.25, 0.3) is 11.8 Å². The number of aromatic nitrogens is 2. The van der Waals surface area contributed by atoms with E-state index in [9.17, 15) is 18.0 Å². The van der Waals surface area contributed by atoms with Gasteiger partial charge in [0.2, 0.25) is 10.0 Å². The van der Waals surface area contributed by atoms with Crippen LogP contribution in [0.5, 0.6) is 5.75 Å². The van der Waals surface area contributed by atoms with Crippen LogP contribution in [0.25, 0.3) is 0 Å². The zero-order valence-electron chi connectivity index (χ0n) is 21.2. The summed E-state index contributed by atoms with van der Waals surface area (Å²) >= 11 is 0. The Balaban J connectivity index is 1.37. The van der Waals surface area contributed by atoms with Gasteiger partial charge in [0, 0.05) is 45.2 Å². The molecule has 2 heterocycles. The molecule has 37 heavy (non-hydrogen) atoms. The maximum atomic E-state index is 13.2. The largest absolute Gasteiger partial charge is 0.492 e. The van der Waals surface area contributed by atoms with Gasteiger partial charge in [0.15, 0.2) is 0 Å². The first-order valence-corrected chi connectivity index (χ1v) is 13.4. The molecule has 1 aromatic heterocycles. The second-order valence-electron chi connectivity index (χ2n) is 8.98. The Morgan fingerprint density at radius 2 is 1.73 bits per heavy atom. The minimum Gasteiger partial charge on any atom is -0.492 e. The fourth-order valence-corrected chi connectivity index (χ4v) is 6.33. The lowest BCUT2D eigenvalue weighted by molar-refractivity contribution is 0.0697. The van der Waals surface area contributed by atoms with E-state index in [-0.39, 0.29) is 23.9 Å². The highest BCUT2D eigenvalue weighted by Gasteiger charge is 2.34. The lowest BCUT2D eigenvalue weighted by atomic mass is 10.1. The first-order chi connectivity index (χ1) is 17.6. The third-order valence-electron chi connectivity index (χ3n) is 6.54. The van der Waals surface area contributed by atoms with Gasteiger partial charge in [-0.1, -0.05) is 24.3 Å². The topological polar surface area (TPSA) is 128 Å². The van der Waals surface area contributed by atoms with Crippen molar-refractivity contribution in [2.45, 2.75) is 25.2 Å². The molecule has 2 amide bonds. The summed E-state index contributed by atoms with van der Waals surface area (Å²) in [5.74, 6) is -0.277. The predicted molar refractivity (Wildman–Crippen MR) is 138 cm³/mol. The summed E-state index contributed by atoms with van der Waals surface area (Å²) in [6.07, 6.45) is 0.532. The third-order valence-corrected chi connectivity index (χ3v) is 8.69. The third kappa shape index (κ3) is 5.52.